The van der Waals surface area contributed by atoms with Crippen molar-refractivity contribution in [3.8, 4) is 0 Å². The van der Waals surface area contributed by atoms with Crippen LogP contribution >= 0.6 is 34.8 Å². The Morgan fingerprint density at radius 2 is 1.59 bits per heavy atom. The number of benzene rings is 3. The summed E-state index contributed by atoms with van der Waals surface area (Å²) in [7, 11) is 1.98. The van der Waals surface area contributed by atoms with E-state index in [-0.39, 0.29) is 30.8 Å². The maximum Gasteiger partial charge on any atom is 0.276 e. The average molecular weight is 622 g/mol. The van der Waals surface area contributed by atoms with Crippen molar-refractivity contribution in [1.29, 1.82) is 0 Å². The average Bonchev–Trinajstić information content (AvgIpc) is 2.97. The number of rotatable bonds is 9. The number of likely N-dealkylation sites (N-methyl/N-ethyl adjacent to an activating group) is 1. The fourth-order valence-electron chi connectivity index (χ4n) is 4.87. The van der Waals surface area contributed by atoms with Crippen LogP contribution in [0.2, 0.25) is 0 Å². The molecule has 220 valence electrons. The smallest absolute Gasteiger partial charge is 0.276 e. The lowest BCUT2D eigenvalue weighted by atomic mass is 9.89. The lowest BCUT2D eigenvalue weighted by Gasteiger charge is -2.43. The number of nitrogens with one attached hydrogen (secondary N) is 1. The molecule has 3 N–H and O–H groups in total. The highest BCUT2D eigenvalue weighted by Gasteiger charge is 2.39. The molecule has 7 nitrogen and oxygen atoms in total. The van der Waals surface area contributed by atoms with Crippen molar-refractivity contribution < 1.29 is 24.5 Å². The number of carbonyl (C=O) groups is 1. The van der Waals surface area contributed by atoms with Crippen molar-refractivity contribution in [2.24, 2.45) is 5.92 Å². The van der Waals surface area contributed by atoms with E-state index in [0.29, 0.717) is 12.2 Å². The Labute approximate surface area is 255 Å². The van der Waals surface area contributed by atoms with Crippen LogP contribution in [-0.2, 0) is 20.9 Å². The Kier molecular flexibility index (Phi) is 10.7. The van der Waals surface area contributed by atoms with Crippen LogP contribution in [0.5, 0.6) is 0 Å². The number of anilines is 1. The summed E-state index contributed by atoms with van der Waals surface area (Å²) in [6, 6.07) is 24.1. The molecule has 1 amide bonds. The summed E-state index contributed by atoms with van der Waals surface area (Å²) in [4.78, 5) is 14.1. The summed E-state index contributed by atoms with van der Waals surface area (Å²) in [5, 5.41) is 23.1. The van der Waals surface area contributed by atoms with E-state index in [2.05, 4.69) is 17.1 Å². The summed E-state index contributed by atoms with van der Waals surface area (Å²) < 4.78 is 11.0. The number of alkyl halides is 3. The number of halogens is 3. The quantitative estimate of drug-likeness (QED) is 0.242. The van der Waals surface area contributed by atoms with Crippen LogP contribution in [0.25, 0.3) is 0 Å². The molecule has 1 aliphatic heterocycles. The van der Waals surface area contributed by atoms with E-state index in [4.69, 9.17) is 44.3 Å². The van der Waals surface area contributed by atoms with Gasteiger partial charge in [0.15, 0.2) is 6.29 Å². The van der Waals surface area contributed by atoms with Crippen LogP contribution in [0.1, 0.15) is 54.6 Å². The second-order valence-corrected chi connectivity index (χ2v) is 12.7. The molecule has 4 rings (SSSR count). The molecule has 0 spiro atoms. The van der Waals surface area contributed by atoms with Gasteiger partial charge in [-0.2, -0.15) is 0 Å². The molecule has 41 heavy (non-hydrogen) atoms. The second-order valence-electron chi connectivity index (χ2n) is 10.4. The fraction of sp³-hybridized carbons (Fsp3) is 0.387. The largest absolute Gasteiger partial charge is 0.392 e. The normalized spacial score (nSPS) is 22.8. The molecule has 0 bridgehead atoms. The highest BCUT2D eigenvalue weighted by molar-refractivity contribution is 6.76. The molecule has 0 saturated carbocycles. The van der Waals surface area contributed by atoms with E-state index in [9.17, 15) is 15.0 Å². The van der Waals surface area contributed by atoms with Crippen LogP contribution in [0.3, 0.4) is 0 Å². The van der Waals surface area contributed by atoms with Gasteiger partial charge in [-0.3, -0.25) is 9.69 Å². The van der Waals surface area contributed by atoms with Gasteiger partial charge in [0.1, 0.15) is 0 Å². The third-order valence-electron chi connectivity index (χ3n) is 7.58. The number of ether oxygens (including phenoxy) is 2. The highest BCUT2D eigenvalue weighted by Crippen LogP contribution is 2.42. The Morgan fingerprint density at radius 3 is 2.17 bits per heavy atom. The molecule has 1 aliphatic rings. The van der Waals surface area contributed by atoms with E-state index in [0.717, 1.165) is 22.3 Å². The number of aliphatic hydroxyl groups is 2. The summed E-state index contributed by atoms with van der Waals surface area (Å²) in [5.74, 6) is -0.784. The minimum atomic E-state index is -2.08. The Morgan fingerprint density at radius 1 is 0.976 bits per heavy atom. The van der Waals surface area contributed by atoms with E-state index in [1.165, 1.54) is 0 Å². The molecule has 3 aromatic carbocycles. The van der Waals surface area contributed by atoms with Gasteiger partial charge in [0.05, 0.1) is 24.9 Å². The monoisotopic (exact) mass is 620 g/mol. The van der Waals surface area contributed by atoms with Crippen molar-refractivity contribution in [2.45, 2.75) is 54.9 Å². The number of amides is 1. The first-order chi connectivity index (χ1) is 19.5. The van der Waals surface area contributed by atoms with Gasteiger partial charge in [0, 0.05) is 29.8 Å². The number of carbonyl (C=O) groups excluding carboxylic acids is 1. The molecule has 1 fully saturated rings. The van der Waals surface area contributed by atoms with Crippen LogP contribution in [0.15, 0.2) is 78.9 Å². The number of hydrogen-bond donors (Lipinski definition) is 3. The zero-order chi connectivity index (χ0) is 29.7. The van der Waals surface area contributed by atoms with Gasteiger partial charge in [-0.05, 0) is 42.8 Å². The van der Waals surface area contributed by atoms with Gasteiger partial charge < -0.3 is 25.0 Å². The third-order valence-corrected chi connectivity index (χ3v) is 8.10. The van der Waals surface area contributed by atoms with Crippen LogP contribution in [0.4, 0.5) is 5.69 Å². The predicted octanol–water partition coefficient (Wildman–Crippen LogP) is 6.33. The lowest BCUT2D eigenvalue weighted by molar-refractivity contribution is -0.276. The Bertz CT molecular complexity index is 1270. The lowest BCUT2D eigenvalue weighted by Crippen LogP contribution is -2.46. The molecule has 0 aromatic heterocycles. The molecule has 1 heterocycles. The molecule has 1 saturated heterocycles. The summed E-state index contributed by atoms with van der Waals surface area (Å²) in [6.45, 7) is 4.60. The maximum absolute atomic E-state index is 12.0. The number of nitrogens with zero attached hydrogens (tertiary/aromatic N) is 1. The molecule has 6 atom stereocenters. The highest BCUT2D eigenvalue weighted by atomic mass is 35.6. The van der Waals surface area contributed by atoms with Crippen molar-refractivity contribution in [2.75, 3.05) is 18.9 Å². The zero-order valence-electron chi connectivity index (χ0n) is 23.1. The Balaban J connectivity index is 1.56. The minimum Gasteiger partial charge on any atom is -0.392 e. The first kappa shape index (κ1) is 31.7. The van der Waals surface area contributed by atoms with Crippen molar-refractivity contribution >= 4 is 46.4 Å². The zero-order valence-corrected chi connectivity index (χ0v) is 25.4. The van der Waals surface area contributed by atoms with E-state index < -0.39 is 22.1 Å². The van der Waals surface area contributed by atoms with Crippen molar-refractivity contribution in [1.82, 2.24) is 4.90 Å². The molecular weight excluding hydrogens is 587 g/mol. The van der Waals surface area contributed by atoms with Gasteiger partial charge >= 0.3 is 0 Å². The fourth-order valence-corrected chi connectivity index (χ4v) is 5.02. The van der Waals surface area contributed by atoms with Gasteiger partial charge in [-0.25, -0.2) is 0 Å². The molecular formula is C31H35Cl3N2O5. The van der Waals surface area contributed by atoms with E-state index >= 15 is 0 Å². The van der Waals surface area contributed by atoms with Gasteiger partial charge in [0.2, 0.25) is 0 Å². The first-order valence-electron chi connectivity index (χ1n) is 13.4. The number of hydrogen-bond acceptors (Lipinski definition) is 6. The molecule has 0 radical (unpaired) electrons. The topological polar surface area (TPSA) is 91.3 Å². The third kappa shape index (κ3) is 8.00. The first-order valence-corrected chi connectivity index (χ1v) is 14.5. The molecule has 10 heteroatoms. The van der Waals surface area contributed by atoms with Gasteiger partial charge in [-0.15, -0.1) is 0 Å². The maximum atomic E-state index is 12.0. The molecule has 3 aromatic rings. The SMILES string of the molecule is C[C@@H]1[C@H](CN(C)[C@@H](C)[C@H](O)c2ccccc2)O[C@H](c2ccc(NC(=O)C(Cl)(Cl)Cl)cc2)O[C@@H]1c1ccc(CO)cc1. The summed E-state index contributed by atoms with van der Waals surface area (Å²) in [5.41, 5.74) is 3.86. The minimum absolute atomic E-state index is 0.0300. The standard InChI is InChI=1S/C31H35Cl3N2O5/c1-19-26(17-36(3)20(2)27(38)22-7-5-4-6-8-22)40-29(41-28(19)23-11-9-21(18-37)10-12-23)24-13-15-25(16-14-24)35-30(39)31(32,33)34/h4-16,19-20,26-29,37-38H,17-18H2,1-3H3,(H,35,39)/t19-,20+,26+,27+,28+,29+/m1/s1. The van der Waals surface area contributed by atoms with Crippen molar-refractivity contribution in [3.05, 3.63) is 101 Å². The van der Waals surface area contributed by atoms with Gasteiger partial charge in [0.25, 0.3) is 9.70 Å². The van der Waals surface area contributed by atoms with Crippen LogP contribution in [-0.4, -0.2) is 50.6 Å². The molecule has 0 unspecified atom stereocenters. The second kappa shape index (κ2) is 13.8. The summed E-state index contributed by atoms with van der Waals surface area (Å²) in [6.07, 6.45) is -1.89. The predicted molar refractivity (Wildman–Crippen MR) is 162 cm³/mol. The Hall–Kier alpha value is -2.20. The molecule has 0 aliphatic carbocycles. The van der Waals surface area contributed by atoms with E-state index in [1.807, 2.05) is 68.6 Å². The van der Waals surface area contributed by atoms with Crippen molar-refractivity contribution in [3.63, 3.8) is 0 Å². The van der Waals surface area contributed by atoms with Gasteiger partial charge in [-0.1, -0.05) is 108 Å². The number of aliphatic hydroxyl groups excluding tert-OH is 2. The van der Waals surface area contributed by atoms with Crippen LogP contribution < -0.4 is 5.32 Å². The van der Waals surface area contributed by atoms with Crippen LogP contribution in [0, 0.1) is 5.92 Å². The van der Waals surface area contributed by atoms with E-state index in [1.54, 1.807) is 24.3 Å². The summed E-state index contributed by atoms with van der Waals surface area (Å²) >= 11 is 17.0.